The van der Waals surface area contributed by atoms with Gasteiger partial charge in [-0.05, 0) is 42.8 Å². The highest BCUT2D eigenvalue weighted by molar-refractivity contribution is 7.90. The fraction of sp³-hybridized carbons (Fsp3) is 0.200. The fourth-order valence-corrected chi connectivity index (χ4v) is 3.68. The van der Waals surface area contributed by atoms with E-state index in [0.29, 0.717) is 22.3 Å². The topological polar surface area (TPSA) is 73.3 Å². The molecule has 0 saturated carbocycles. The first-order valence-corrected chi connectivity index (χ1v) is 10.2. The first-order chi connectivity index (χ1) is 13.4. The Labute approximate surface area is 165 Å². The van der Waals surface area contributed by atoms with Crippen molar-refractivity contribution in [1.29, 1.82) is 0 Å². The summed E-state index contributed by atoms with van der Waals surface area (Å²) in [5.74, 6) is -0.700. The Morgan fingerprint density at radius 3 is 2.21 bits per heavy atom. The Morgan fingerprint density at radius 2 is 1.69 bits per heavy atom. The zero-order valence-electron chi connectivity index (χ0n) is 15.7. The molecule has 0 unspecified atom stereocenters. The average Bonchev–Trinajstić information content (AvgIpc) is 2.65. The SMILES string of the molecule is COC(=O)c1c(C)c(-c2ccc(C(F)(F)F)cc2)nc2ccc(S(C)(=O)=O)cc12. The molecular formula is C20H16F3NO4S. The van der Waals surface area contributed by atoms with Gasteiger partial charge in [0.15, 0.2) is 9.84 Å². The number of methoxy groups -OCH3 is 1. The van der Waals surface area contributed by atoms with Gasteiger partial charge in [-0.2, -0.15) is 13.2 Å². The molecule has 0 spiro atoms. The van der Waals surface area contributed by atoms with Crippen molar-refractivity contribution >= 4 is 26.7 Å². The molecule has 2 aromatic carbocycles. The summed E-state index contributed by atoms with van der Waals surface area (Å²) in [6.07, 6.45) is -3.42. The number of rotatable bonds is 3. The minimum absolute atomic E-state index is 0.0126. The number of pyridine rings is 1. The van der Waals surface area contributed by atoms with E-state index in [0.717, 1.165) is 18.4 Å². The summed E-state index contributed by atoms with van der Waals surface area (Å²) in [6, 6.07) is 8.57. The van der Waals surface area contributed by atoms with Gasteiger partial charge in [0.1, 0.15) is 0 Å². The number of sulfone groups is 1. The van der Waals surface area contributed by atoms with E-state index in [1.54, 1.807) is 6.92 Å². The molecule has 3 aromatic rings. The highest BCUT2D eigenvalue weighted by Crippen LogP contribution is 2.34. The zero-order valence-corrected chi connectivity index (χ0v) is 16.5. The highest BCUT2D eigenvalue weighted by Gasteiger charge is 2.30. The highest BCUT2D eigenvalue weighted by atomic mass is 32.2. The number of benzene rings is 2. The van der Waals surface area contributed by atoms with Crippen LogP contribution >= 0.6 is 0 Å². The van der Waals surface area contributed by atoms with Gasteiger partial charge in [-0.1, -0.05) is 12.1 Å². The maximum atomic E-state index is 12.8. The van der Waals surface area contributed by atoms with Crippen molar-refractivity contribution in [3.8, 4) is 11.3 Å². The Kier molecular flexibility index (Phi) is 5.12. The summed E-state index contributed by atoms with van der Waals surface area (Å²) in [7, 11) is -2.34. The second kappa shape index (κ2) is 7.14. The van der Waals surface area contributed by atoms with Crippen LogP contribution < -0.4 is 0 Å². The van der Waals surface area contributed by atoms with Gasteiger partial charge >= 0.3 is 12.1 Å². The third kappa shape index (κ3) is 3.95. The molecule has 0 N–H and O–H groups in total. The summed E-state index contributed by atoms with van der Waals surface area (Å²) in [6.45, 7) is 1.58. The lowest BCUT2D eigenvalue weighted by Gasteiger charge is -2.14. The number of hydrogen-bond acceptors (Lipinski definition) is 5. The van der Waals surface area contributed by atoms with Crippen molar-refractivity contribution in [3.63, 3.8) is 0 Å². The number of carbonyl (C=O) groups excluding carboxylic acids is 1. The third-order valence-electron chi connectivity index (χ3n) is 4.50. The summed E-state index contributed by atoms with van der Waals surface area (Å²) in [5, 5.41) is 0.285. The lowest BCUT2D eigenvalue weighted by Crippen LogP contribution is -2.09. The molecule has 0 aliphatic carbocycles. The minimum Gasteiger partial charge on any atom is -0.465 e. The Balaban J connectivity index is 2.30. The number of esters is 1. The molecule has 0 aliphatic heterocycles. The normalized spacial score (nSPS) is 12.2. The molecule has 0 amide bonds. The smallest absolute Gasteiger partial charge is 0.416 e. The number of nitrogens with zero attached hydrogens (tertiary/aromatic N) is 1. The van der Waals surface area contributed by atoms with Crippen molar-refractivity contribution in [2.24, 2.45) is 0 Å². The van der Waals surface area contributed by atoms with Crippen LogP contribution in [0.3, 0.4) is 0 Å². The van der Waals surface area contributed by atoms with E-state index in [-0.39, 0.29) is 15.8 Å². The van der Waals surface area contributed by atoms with Crippen LogP contribution in [0.2, 0.25) is 0 Å². The van der Waals surface area contributed by atoms with Crippen molar-refractivity contribution < 1.29 is 31.1 Å². The van der Waals surface area contributed by atoms with Crippen LogP contribution in [0.5, 0.6) is 0 Å². The molecule has 0 saturated heterocycles. The van der Waals surface area contributed by atoms with Gasteiger partial charge in [-0.25, -0.2) is 18.2 Å². The van der Waals surface area contributed by atoms with Crippen molar-refractivity contribution in [1.82, 2.24) is 4.98 Å². The van der Waals surface area contributed by atoms with E-state index in [2.05, 4.69) is 4.98 Å². The first kappa shape index (κ1) is 20.8. The van der Waals surface area contributed by atoms with Crippen LogP contribution in [0, 0.1) is 6.92 Å². The minimum atomic E-state index is -4.47. The molecule has 0 atom stereocenters. The van der Waals surface area contributed by atoms with E-state index in [9.17, 15) is 26.4 Å². The van der Waals surface area contributed by atoms with Gasteiger partial charge in [-0.3, -0.25) is 0 Å². The van der Waals surface area contributed by atoms with Crippen LogP contribution in [0.15, 0.2) is 47.4 Å². The molecule has 5 nitrogen and oxygen atoms in total. The molecule has 0 fully saturated rings. The maximum absolute atomic E-state index is 12.8. The molecule has 0 bridgehead atoms. The monoisotopic (exact) mass is 423 g/mol. The number of ether oxygens (including phenoxy) is 1. The number of aromatic nitrogens is 1. The van der Waals surface area contributed by atoms with E-state index in [1.165, 1.54) is 37.4 Å². The van der Waals surface area contributed by atoms with Gasteiger partial charge in [0.05, 0.1) is 34.3 Å². The maximum Gasteiger partial charge on any atom is 0.416 e. The predicted molar refractivity (Wildman–Crippen MR) is 101 cm³/mol. The Hall–Kier alpha value is -2.94. The van der Waals surface area contributed by atoms with Gasteiger partial charge < -0.3 is 4.74 Å². The predicted octanol–water partition coefficient (Wildman–Crippen LogP) is 4.42. The number of fused-ring (bicyclic) bond motifs is 1. The van der Waals surface area contributed by atoms with Crippen molar-refractivity contribution in [2.75, 3.05) is 13.4 Å². The van der Waals surface area contributed by atoms with E-state index < -0.39 is 27.5 Å². The fourth-order valence-electron chi connectivity index (χ4n) is 3.03. The molecule has 1 aromatic heterocycles. The van der Waals surface area contributed by atoms with Gasteiger partial charge in [-0.15, -0.1) is 0 Å². The lowest BCUT2D eigenvalue weighted by molar-refractivity contribution is -0.137. The van der Waals surface area contributed by atoms with E-state index in [1.807, 2.05) is 0 Å². The first-order valence-electron chi connectivity index (χ1n) is 8.34. The summed E-state index contributed by atoms with van der Waals surface area (Å²) in [5.41, 5.74) is 0.685. The van der Waals surface area contributed by atoms with Gasteiger partial charge in [0.25, 0.3) is 0 Å². The Bertz CT molecular complexity index is 1220. The molecule has 9 heteroatoms. The third-order valence-corrected chi connectivity index (χ3v) is 5.61. The number of hydrogen-bond donors (Lipinski definition) is 0. The van der Waals surface area contributed by atoms with Crippen molar-refractivity contribution in [2.45, 2.75) is 18.0 Å². The van der Waals surface area contributed by atoms with Crippen LogP contribution in [-0.4, -0.2) is 32.7 Å². The molecule has 152 valence electrons. The zero-order chi connectivity index (χ0) is 21.6. The Morgan fingerprint density at radius 1 is 1.07 bits per heavy atom. The van der Waals surface area contributed by atoms with Gasteiger partial charge in [0.2, 0.25) is 0 Å². The number of halogens is 3. The van der Waals surface area contributed by atoms with Crippen LogP contribution in [0.25, 0.3) is 22.2 Å². The quantitative estimate of drug-likeness (QED) is 0.583. The second-order valence-electron chi connectivity index (χ2n) is 6.48. The van der Waals surface area contributed by atoms with Gasteiger partial charge in [0, 0.05) is 17.2 Å². The molecule has 0 aliphatic rings. The molecular weight excluding hydrogens is 407 g/mol. The summed E-state index contributed by atoms with van der Waals surface area (Å²) < 4.78 is 67.1. The largest absolute Gasteiger partial charge is 0.465 e. The summed E-state index contributed by atoms with van der Waals surface area (Å²) in [4.78, 5) is 16.9. The van der Waals surface area contributed by atoms with Crippen molar-refractivity contribution in [3.05, 3.63) is 59.2 Å². The molecule has 1 heterocycles. The number of alkyl halides is 3. The van der Waals surface area contributed by atoms with Crippen LogP contribution in [0.4, 0.5) is 13.2 Å². The summed E-state index contributed by atoms with van der Waals surface area (Å²) >= 11 is 0. The molecule has 3 rings (SSSR count). The van der Waals surface area contributed by atoms with Crippen LogP contribution in [-0.2, 0) is 20.8 Å². The standard InChI is InChI=1S/C20H16F3NO4S/c1-11-17(19(25)28-2)15-10-14(29(3,26)27)8-9-16(15)24-18(11)12-4-6-13(7-5-12)20(21,22)23/h4-10H,1-3H3. The van der Waals surface area contributed by atoms with E-state index >= 15 is 0 Å². The number of carbonyl (C=O) groups is 1. The van der Waals surface area contributed by atoms with E-state index in [4.69, 9.17) is 4.74 Å². The molecule has 0 radical (unpaired) electrons. The van der Waals surface area contributed by atoms with Crippen LogP contribution in [0.1, 0.15) is 21.5 Å². The lowest BCUT2D eigenvalue weighted by atomic mass is 9.97. The average molecular weight is 423 g/mol. The second-order valence-corrected chi connectivity index (χ2v) is 8.49. The molecule has 29 heavy (non-hydrogen) atoms.